The Hall–Kier alpha value is -1.99. The quantitative estimate of drug-likeness (QED) is 0.563. The molecule has 0 aromatic heterocycles. The van der Waals surface area contributed by atoms with Crippen LogP contribution in [0, 0.1) is 5.82 Å². The molecule has 5 nitrogen and oxygen atoms in total. The maximum atomic E-state index is 13.1. The van der Waals surface area contributed by atoms with Gasteiger partial charge in [-0.2, -0.15) is 0 Å². The Morgan fingerprint density at radius 1 is 1.22 bits per heavy atom. The van der Waals surface area contributed by atoms with E-state index in [9.17, 15) is 9.18 Å². The summed E-state index contributed by atoms with van der Waals surface area (Å²) in [5.41, 5.74) is 7.90. The molecule has 0 radical (unpaired) electrons. The molecule has 0 aliphatic carbocycles. The first kappa shape index (κ1) is 23.0. The van der Waals surface area contributed by atoms with Crippen molar-refractivity contribution in [3.63, 3.8) is 0 Å². The highest BCUT2D eigenvalue weighted by Crippen LogP contribution is 2.32. The second-order valence-corrected chi connectivity index (χ2v) is 6.65. The number of fused-ring (bicyclic) bond motifs is 1. The van der Waals surface area contributed by atoms with Gasteiger partial charge in [0.1, 0.15) is 11.5 Å². The number of aliphatic imine (C=N–C) groups is 1. The number of quaternary nitrogens is 1. The third-order valence-electron chi connectivity index (χ3n) is 4.14. The van der Waals surface area contributed by atoms with Gasteiger partial charge in [0.2, 0.25) is 0 Å². The lowest BCUT2D eigenvalue weighted by atomic mass is 10.0. The second kappa shape index (κ2) is 10.4. The Kier molecular flexibility index (Phi) is 8.85. The van der Waals surface area contributed by atoms with Crippen LogP contribution in [0.15, 0.2) is 47.5 Å². The highest BCUT2D eigenvalue weighted by atomic mass is 35.5. The molecule has 8 heteroatoms. The fraction of sp³-hybridized carbons (Fsp3) is 0.263. The number of nitrogens with one attached hydrogen (secondary N) is 1. The van der Waals surface area contributed by atoms with Crippen molar-refractivity contribution in [3.05, 3.63) is 53.8 Å². The molecule has 1 aliphatic rings. The first-order chi connectivity index (χ1) is 12.1. The molecule has 2 aromatic rings. The van der Waals surface area contributed by atoms with Gasteiger partial charge in [-0.05, 0) is 34.9 Å². The van der Waals surface area contributed by atoms with E-state index < -0.39 is 0 Å². The predicted molar refractivity (Wildman–Crippen MR) is 103 cm³/mol. The van der Waals surface area contributed by atoms with Crippen LogP contribution in [0.3, 0.4) is 0 Å². The maximum absolute atomic E-state index is 13.1. The van der Waals surface area contributed by atoms with E-state index in [1.54, 1.807) is 12.1 Å². The molecule has 7 N–H and O–H groups in total. The molecule has 0 spiro atoms. The SMILES string of the molecule is N.[Cl-].[NH3+]CC[C@H](Cl)CNC(=O)C1=Nc2cc(-c3ccc(F)cc3)ccc2C1. The topological polar surface area (TPSA) is 104 Å². The molecule has 0 saturated heterocycles. The predicted octanol–water partition coefficient (Wildman–Crippen LogP) is -0.357. The van der Waals surface area contributed by atoms with Crippen molar-refractivity contribution >= 4 is 28.9 Å². The van der Waals surface area contributed by atoms with Gasteiger partial charge < -0.3 is 29.6 Å². The summed E-state index contributed by atoms with van der Waals surface area (Å²) in [7, 11) is 0. The summed E-state index contributed by atoms with van der Waals surface area (Å²) < 4.78 is 13.1. The van der Waals surface area contributed by atoms with Crippen LogP contribution in [0.2, 0.25) is 0 Å². The minimum atomic E-state index is -0.265. The third-order valence-corrected chi connectivity index (χ3v) is 4.51. The van der Waals surface area contributed by atoms with Gasteiger partial charge in [-0.25, -0.2) is 9.38 Å². The fourth-order valence-electron chi connectivity index (χ4n) is 2.76. The number of hydrogen-bond acceptors (Lipinski definition) is 3. The monoisotopic (exact) mass is 412 g/mol. The summed E-state index contributed by atoms with van der Waals surface area (Å²) in [5, 5.41) is 2.71. The zero-order chi connectivity index (χ0) is 17.8. The molecule has 3 rings (SSSR count). The molecule has 0 saturated carbocycles. The average molecular weight is 413 g/mol. The third kappa shape index (κ3) is 5.74. The van der Waals surface area contributed by atoms with E-state index in [1.807, 2.05) is 18.2 Å². The first-order valence-electron chi connectivity index (χ1n) is 8.25. The van der Waals surface area contributed by atoms with Crippen LogP contribution in [0.25, 0.3) is 11.1 Å². The number of halogens is 3. The Morgan fingerprint density at radius 2 is 1.89 bits per heavy atom. The molecule has 1 heterocycles. The summed E-state index contributed by atoms with van der Waals surface area (Å²) >= 11 is 6.10. The molecular weight excluding hydrogens is 390 g/mol. The highest BCUT2D eigenvalue weighted by molar-refractivity contribution is 6.41. The van der Waals surface area contributed by atoms with Crippen molar-refractivity contribution in [2.75, 3.05) is 13.1 Å². The molecule has 2 aromatic carbocycles. The Morgan fingerprint density at radius 3 is 2.56 bits per heavy atom. The van der Waals surface area contributed by atoms with E-state index in [2.05, 4.69) is 16.0 Å². The van der Waals surface area contributed by atoms with E-state index in [-0.39, 0.29) is 35.7 Å². The largest absolute Gasteiger partial charge is 1.00 e. The van der Waals surface area contributed by atoms with E-state index in [0.29, 0.717) is 18.7 Å². The molecule has 146 valence electrons. The van der Waals surface area contributed by atoms with Crippen molar-refractivity contribution in [1.29, 1.82) is 0 Å². The molecule has 0 fully saturated rings. The zero-order valence-electron chi connectivity index (χ0n) is 14.9. The van der Waals surface area contributed by atoms with Crippen LogP contribution in [0.1, 0.15) is 12.0 Å². The van der Waals surface area contributed by atoms with Gasteiger partial charge in [0, 0.05) is 19.4 Å². The van der Waals surface area contributed by atoms with E-state index >= 15 is 0 Å². The lowest BCUT2D eigenvalue weighted by molar-refractivity contribution is -0.368. The molecule has 0 unspecified atom stereocenters. The van der Waals surface area contributed by atoms with Gasteiger partial charge in [0.25, 0.3) is 5.91 Å². The van der Waals surface area contributed by atoms with Gasteiger partial charge >= 0.3 is 0 Å². The van der Waals surface area contributed by atoms with Crippen LogP contribution in [-0.4, -0.2) is 30.1 Å². The van der Waals surface area contributed by atoms with E-state index in [4.69, 9.17) is 11.6 Å². The Bertz CT molecular complexity index is 812. The minimum Gasteiger partial charge on any atom is -1.00 e. The van der Waals surface area contributed by atoms with E-state index in [0.717, 1.165) is 35.3 Å². The molecule has 27 heavy (non-hydrogen) atoms. The van der Waals surface area contributed by atoms with Gasteiger partial charge in [-0.3, -0.25) is 4.79 Å². The summed E-state index contributed by atoms with van der Waals surface area (Å²) in [6, 6.07) is 12.2. The normalized spacial score (nSPS) is 12.9. The van der Waals surface area contributed by atoms with Gasteiger partial charge in [-0.15, -0.1) is 11.6 Å². The van der Waals surface area contributed by atoms with Crippen LogP contribution in [0.4, 0.5) is 10.1 Å². The van der Waals surface area contributed by atoms with Gasteiger partial charge in [0.05, 0.1) is 17.6 Å². The zero-order valence-corrected chi connectivity index (χ0v) is 16.4. The number of carbonyl (C=O) groups excluding carboxylic acids is 1. The summed E-state index contributed by atoms with van der Waals surface area (Å²) in [6.07, 6.45) is 1.27. The smallest absolute Gasteiger partial charge is 0.266 e. The lowest BCUT2D eigenvalue weighted by Crippen LogP contribution is -3.00. The average Bonchev–Trinajstić information content (AvgIpc) is 3.04. The molecule has 1 amide bonds. The van der Waals surface area contributed by atoms with Crippen LogP contribution < -0.4 is 29.6 Å². The summed E-state index contributed by atoms with van der Waals surface area (Å²) in [6.45, 7) is 1.15. The van der Waals surface area contributed by atoms with Crippen LogP contribution >= 0.6 is 11.6 Å². The molecule has 1 atom stereocenters. The van der Waals surface area contributed by atoms with E-state index in [1.165, 1.54) is 12.1 Å². The molecular formula is C19H23Cl2FN4O. The number of amides is 1. The fourth-order valence-corrected chi connectivity index (χ4v) is 3.00. The van der Waals surface area contributed by atoms with Crippen LogP contribution in [-0.2, 0) is 11.2 Å². The number of hydrogen-bond donors (Lipinski definition) is 3. The van der Waals surface area contributed by atoms with Crippen molar-refractivity contribution in [2.45, 2.75) is 18.2 Å². The summed E-state index contributed by atoms with van der Waals surface area (Å²) in [5.74, 6) is -0.451. The number of nitrogens with zero attached hydrogens (tertiary/aromatic N) is 1. The van der Waals surface area contributed by atoms with Gasteiger partial charge in [-0.1, -0.05) is 24.3 Å². The summed E-state index contributed by atoms with van der Waals surface area (Å²) in [4.78, 5) is 16.7. The number of carbonyl (C=O) groups is 1. The van der Waals surface area contributed by atoms with Crippen molar-refractivity contribution in [3.8, 4) is 11.1 Å². The highest BCUT2D eigenvalue weighted by Gasteiger charge is 2.21. The molecule has 0 bridgehead atoms. The number of benzene rings is 2. The van der Waals surface area contributed by atoms with Crippen molar-refractivity contribution in [1.82, 2.24) is 11.5 Å². The Balaban J connectivity index is 0.00000182. The Labute approximate surface area is 169 Å². The number of rotatable bonds is 6. The second-order valence-electron chi connectivity index (χ2n) is 6.04. The van der Waals surface area contributed by atoms with Crippen molar-refractivity contribution < 1.29 is 27.3 Å². The minimum absolute atomic E-state index is 0. The van der Waals surface area contributed by atoms with Gasteiger partial charge in [0.15, 0.2) is 0 Å². The molecule has 1 aliphatic heterocycles. The standard InChI is InChI=1S/C19H19ClFN3O.ClH.H3N/c20-15(7-8-22)11-23-19(25)18-10-14-2-1-13(9-17(14)24-18)12-3-5-16(21)6-4-12;;/h1-6,9,15H,7-8,10-11,22H2,(H,23,25);1H;1H3/t15-;;/m0../s1. The lowest BCUT2D eigenvalue weighted by Gasteiger charge is -2.08. The number of alkyl halides is 1. The first-order valence-corrected chi connectivity index (χ1v) is 8.68. The van der Waals surface area contributed by atoms with Crippen LogP contribution in [0.5, 0.6) is 0 Å². The maximum Gasteiger partial charge on any atom is 0.266 e. The van der Waals surface area contributed by atoms with Crippen molar-refractivity contribution in [2.24, 2.45) is 4.99 Å².